The van der Waals surface area contributed by atoms with Gasteiger partial charge in [-0.1, -0.05) is 26.0 Å². The molecule has 0 aliphatic carbocycles. The third-order valence-corrected chi connectivity index (χ3v) is 2.93. The second-order valence-electron chi connectivity index (χ2n) is 4.90. The lowest BCUT2D eigenvalue weighted by molar-refractivity contribution is 0.242. The molecule has 2 rings (SSSR count). The zero-order valence-electron chi connectivity index (χ0n) is 11.1. The highest BCUT2D eigenvalue weighted by Crippen LogP contribution is 2.14. The van der Waals surface area contributed by atoms with Crippen molar-refractivity contribution in [1.29, 1.82) is 0 Å². The van der Waals surface area contributed by atoms with E-state index in [2.05, 4.69) is 24.1 Å². The monoisotopic (exact) mass is 245 g/mol. The number of carbonyl (C=O) groups is 1. The van der Waals surface area contributed by atoms with E-state index in [9.17, 15) is 4.79 Å². The van der Waals surface area contributed by atoms with Crippen molar-refractivity contribution < 1.29 is 4.79 Å². The van der Waals surface area contributed by atoms with Crippen molar-refractivity contribution in [3.05, 3.63) is 30.1 Å². The van der Waals surface area contributed by atoms with E-state index in [1.807, 2.05) is 31.2 Å². The van der Waals surface area contributed by atoms with Crippen LogP contribution in [0, 0.1) is 12.8 Å². The van der Waals surface area contributed by atoms with Gasteiger partial charge in [0.25, 0.3) is 0 Å². The van der Waals surface area contributed by atoms with Crippen molar-refractivity contribution in [3.63, 3.8) is 0 Å². The average Bonchev–Trinajstić information content (AvgIpc) is 2.64. The summed E-state index contributed by atoms with van der Waals surface area (Å²) in [6.07, 6.45) is 0.984. The van der Waals surface area contributed by atoms with Crippen LogP contribution >= 0.6 is 0 Å². The van der Waals surface area contributed by atoms with Gasteiger partial charge in [0.15, 0.2) is 0 Å². The van der Waals surface area contributed by atoms with Crippen LogP contribution in [-0.4, -0.2) is 22.1 Å². The Balaban J connectivity index is 2.19. The van der Waals surface area contributed by atoms with Crippen LogP contribution in [0.5, 0.6) is 0 Å². The number of nitrogens with zero attached hydrogens (tertiary/aromatic N) is 2. The maximum atomic E-state index is 12.1. The molecule has 0 aliphatic heterocycles. The molecule has 18 heavy (non-hydrogen) atoms. The van der Waals surface area contributed by atoms with E-state index in [-0.39, 0.29) is 6.03 Å². The number of hydrogen-bond donors (Lipinski definition) is 1. The van der Waals surface area contributed by atoms with Crippen LogP contribution in [0.1, 0.15) is 26.1 Å². The largest absolute Gasteiger partial charge is 0.337 e. The van der Waals surface area contributed by atoms with Crippen LogP contribution in [0.3, 0.4) is 0 Å². The first kappa shape index (κ1) is 12.6. The smallest absolute Gasteiger partial charge is 0.327 e. The van der Waals surface area contributed by atoms with Gasteiger partial charge < -0.3 is 5.32 Å². The predicted molar refractivity (Wildman–Crippen MR) is 72.7 cm³/mol. The number of nitrogens with one attached hydrogen (secondary N) is 1. The van der Waals surface area contributed by atoms with Crippen molar-refractivity contribution >= 4 is 17.1 Å². The van der Waals surface area contributed by atoms with E-state index in [1.165, 1.54) is 0 Å². The minimum atomic E-state index is -0.0955. The Morgan fingerprint density at radius 1 is 1.39 bits per heavy atom. The lowest BCUT2D eigenvalue weighted by Gasteiger charge is -2.09. The second kappa shape index (κ2) is 5.21. The zero-order chi connectivity index (χ0) is 13.1. The number of aromatic nitrogens is 2. The highest BCUT2D eigenvalue weighted by Gasteiger charge is 2.12. The van der Waals surface area contributed by atoms with E-state index in [0.717, 1.165) is 23.3 Å². The molecule has 0 unspecified atom stereocenters. The predicted octanol–water partition coefficient (Wildman–Crippen LogP) is 2.95. The number of carbonyl (C=O) groups excluding carboxylic acids is 1. The van der Waals surface area contributed by atoms with Gasteiger partial charge in [-0.2, -0.15) is 0 Å². The van der Waals surface area contributed by atoms with Crippen molar-refractivity contribution in [2.75, 3.05) is 6.54 Å². The fourth-order valence-electron chi connectivity index (χ4n) is 1.95. The van der Waals surface area contributed by atoms with Gasteiger partial charge in [-0.05, 0) is 31.4 Å². The lowest BCUT2D eigenvalue weighted by Crippen LogP contribution is -2.30. The topological polar surface area (TPSA) is 46.9 Å². The summed E-state index contributed by atoms with van der Waals surface area (Å²) in [5, 5.41) is 2.93. The Morgan fingerprint density at radius 2 is 2.11 bits per heavy atom. The summed E-state index contributed by atoms with van der Waals surface area (Å²) in [5.74, 6) is 1.31. The third kappa shape index (κ3) is 2.53. The average molecular weight is 245 g/mol. The Labute approximate surface area is 107 Å². The van der Waals surface area contributed by atoms with Crippen molar-refractivity contribution in [2.24, 2.45) is 5.92 Å². The van der Waals surface area contributed by atoms with Crippen LogP contribution in [0.15, 0.2) is 24.3 Å². The summed E-state index contributed by atoms with van der Waals surface area (Å²) in [4.78, 5) is 16.5. The minimum Gasteiger partial charge on any atom is -0.337 e. The van der Waals surface area contributed by atoms with Gasteiger partial charge in [0.2, 0.25) is 0 Å². The molecule has 4 nitrogen and oxygen atoms in total. The molecule has 2 aromatic rings. The summed E-state index contributed by atoms with van der Waals surface area (Å²) < 4.78 is 1.63. The van der Waals surface area contributed by atoms with Gasteiger partial charge in [-0.3, -0.25) is 0 Å². The third-order valence-electron chi connectivity index (χ3n) is 2.93. The number of benzene rings is 1. The molecule has 1 aromatic carbocycles. The highest BCUT2D eigenvalue weighted by atomic mass is 16.2. The van der Waals surface area contributed by atoms with Gasteiger partial charge in [-0.15, -0.1) is 0 Å². The number of imidazole rings is 1. The highest BCUT2D eigenvalue weighted by molar-refractivity contribution is 5.89. The molecular weight excluding hydrogens is 226 g/mol. The van der Waals surface area contributed by atoms with Gasteiger partial charge in [-0.25, -0.2) is 14.3 Å². The van der Waals surface area contributed by atoms with Crippen LogP contribution in [-0.2, 0) is 0 Å². The molecule has 0 fully saturated rings. The number of aryl methyl sites for hydroxylation is 1. The van der Waals surface area contributed by atoms with Crippen LogP contribution in [0.2, 0.25) is 0 Å². The number of para-hydroxylation sites is 2. The lowest BCUT2D eigenvalue weighted by atomic mass is 10.1. The summed E-state index contributed by atoms with van der Waals surface area (Å²) >= 11 is 0. The molecular formula is C14H19N3O. The van der Waals surface area contributed by atoms with Crippen molar-refractivity contribution in [2.45, 2.75) is 27.2 Å². The summed E-state index contributed by atoms with van der Waals surface area (Å²) in [5.41, 5.74) is 1.71. The first-order valence-electron chi connectivity index (χ1n) is 6.32. The quantitative estimate of drug-likeness (QED) is 0.903. The van der Waals surface area contributed by atoms with Crippen molar-refractivity contribution in [3.8, 4) is 0 Å². The molecule has 0 atom stereocenters. The zero-order valence-corrected chi connectivity index (χ0v) is 11.1. The normalized spacial score (nSPS) is 11.1. The Kier molecular flexibility index (Phi) is 3.65. The molecule has 1 aromatic heterocycles. The number of hydrogen-bond acceptors (Lipinski definition) is 2. The maximum Gasteiger partial charge on any atom is 0.327 e. The fourth-order valence-corrected chi connectivity index (χ4v) is 1.95. The number of amides is 1. The maximum absolute atomic E-state index is 12.1. The fraction of sp³-hybridized carbons (Fsp3) is 0.429. The van der Waals surface area contributed by atoms with Crippen molar-refractivity contribution in [1.82, 2.24) is 14.9 Å². The summed E-state index contributed by atoms with van der Waals surface area (Å²) in [6, 6.07) is 7.58. The minimum absolute atomic E-state index is 0.0955. The van der Waals surface area contributed by atoms with E-state index in [1.54, 1.807) is 4.57 Å². The van der Waals surface area contributed by atoms with Crippen LogP contribution in [0.4, 0.5) is 4.79 Å². The molecule has 0 aliphatic rings. The standard InChI is InChI=1S/C14H19N3O/c1-10(2)8-9-15-14(18)17-11(3)16-12-6-4-5-7-13(12)17/h4-7,10H,8-9H2,1-3H3,(H,15,18). The Hall–Kier alpha value is -1.84. The van der Waals surface area contributed by atoms with Crippen LogP contribution < -0.4 is 5.32 Å². The van der Waals surface area contributed by atoms with Gasteiger partial charge in [0.1, 0.15) is 5.82 Å². The molecule has 0 saturated heterocycles. The SMILES string of the molecule is Cc1nc2ccccc2n1C(=O)NCCC(C)C. The first-order chi connectivity index (χ1) is 8.59. The molecule has 0 radical (unpaired) electrons. The first-order valence-corrected chi connectivity index (χ1v) is 6.32. The number of fused-ring (bicyclic) bond motifs is 1. The van der Waals surface area contributed by atoms with E-state index < -0.39 is 0 Å². The molecule has 4 heteroatoms. The molecule has 1 N–H and O–H groups in total. The summed E-state index contributed by atoms with van der Waals surface area (Å²) in [7, 11) is 0. The van der Waals surface area contributed by atoms with Gasteiger partial charge in [0, 0.05) is 6.54 Å². The summed E-state index contributed by atoms with van der Waals surface area (Å²) in [6.45, 7) is 6.83. The Bertz CT molecular complexity index is 557. The molecule has 1 amide bonds. The molecule has 0 spiro atoms. The van der Waals surface area contributed by atoms with E-state index >= 15 is 0 Å². The van der Waals surface area contributed by atoms with Gasteiger partial charge >= 0.3 is 6.03 Å². The van der Waals surface area contributed by atoms with Gasteiger partial charge in [0.05, 0.1) is 11.0 Å². The molecule has 1 heterocycles. The van der Waals surface area contributed by atoms with Crippen LogP contribution in [0.25, 0.3) is 11.0 Å². The molecule has 96 valence electrons. The molecule has 0 saturated carbocycles. The van der Waals surface area contributed by atoms with E-state index in [0.29, 0.717) is 12.5 Å². The second-order valence-corrected chi connectivity index (χ2v) is 4.90. The Morgan fingerprint density at radius 3 is 2.83 bits per heavy atom. The number of rotatable bonds is 3. The van der Waals surface area contributed by atoms with E-state index in [4.69, 9.17) is 0 Å². The molecule has 0 bridgehead atoms.